The van der Waals surface area contributed by atoms with Crippen LogP contribution in [0.25, 0.3) is 33.0 Å². The molecule has 10 heteroatoms. The zero-order valence-corrected chi connectivity index (χ0v) is 19.0. The van der Waals surface area contributed by atoms with Gasteiger partial charge in [-0.05, 0) is 30.3 Å². The van der Waals surface area contributed by atoms with Gasteiger partial charge >= 0.3 is 0 Å². The summed E-state index contributed by atoms with van der Waals surface area (Å²) in [6, 6.07) is 10.4. The zero-order valence-electron chi connectivity index (χ0n) is 18.2. The molecule has 0 atom stereocenters. The Morgan fingerprint density at radius 2 is 1.80 bits per heavy atom. The second-order valence-corrected chi connectivity index (χ2v) is 9.90. The zero-order chi connectivity index (χ0) is 24.9. The van der Waals surface area contributed by atoms with Gasteiger partial charge in [0, 0.05) is 28.3 Å². The van der Waals surface area contributed by atoms with Gasteiger partial charge in [0.1, 0.15) is 28.4 Å². The average Bonchev–Trinajstić information content (AvgIpc) is 3.49. The van der Waals surface area contributed by atoms with Gasteiger partial charge in [-0.25, -0.2) is 21.6 Å². The fraction of sp³-hybridized carbons (Fsp3) is 0.120. The van der Waals surface area contributed by atoms with Crippen molar-refractivity contribution in [2.24, 2.45) is 0 Å². The molecular weight excluding hydrogens is 481 g/mol. The minimum atomic E-state index is -4.07. The Morgan fingerprint density at radius 3 is 2.57 bits per heavy atom. The molecule has 2 aromatic heterocycles. The fourth-order valence-corrected chi connectivity index (χ4v) is 5.68. The molecule has 35 heavy (non-hydrogen) atoms. The number of Topliss-reactive ketones (excluding diaryl/α,β-unsaturated/α-hetero) is 1. The van der Waals surface area contributed by atoms with Gasteiger partial charge in [-0.1, -0.05) is 25.1 Å². The lowest BCUT2D eigenvalue weighted by Gasteiger charge is -2.12. The first kappa shape index (κ1) is 22.9. The third kappa shape index (κ3) is 3.70. The maximum Gasteiger partial charge on any atom is 0.183 e. The summed E-state index contributed by atoms with van der Waals surface area (Å²) in [6.07, 6.45) is 1.50. The molecule has 0 bridgehead atoms. The number of hydrogen-bond acceptors (Lipinski definition) is 5. The van der Waals surface area contributed by atoms with Gasteiger partial charge < -0.3 is 4.42 Å². The molecule has 0 aliphatic carbocycles. The monoisotopic (exact) mass is 498 g/mol. The van der Waals surface area contributed by atoms with Crippen LogP contribution in [-0.4, -0.2) is 24.4 Å². The number of fused-ring (bicyclic) bond motifs is 2. The number of hydrogen-bond donors (Lipinski definition) is 1. The number of ketones is 1. The van der Waals surface area contributed by atoms with Crippen LogP contribution in [0, 0.1) is 17.5 Å². The topological polar surface area (TPSA) is 93.0 Å². The average molecular weight is 498 g/mol. The number of halogens is 3. The van der Waals surface area contributed by atoms with Gasteiger partial charge in [-0.2, -0.15) is 5.10 Å². The lowest BCUT2D eigenvalue weighted by molar-refractivity contribution is 0.0985. The fourth-order valence-electron chi connectivity index (χ4n) is 4.10. The van der Waals surface area contributed by atoms with Gasteiger partial charge in [0.15, 0.2) is 21.4 Å². The predicted octanol–water partition coefficient (Wildman–Crippen LogP) is 5.96. The summed E-state index contributed by atoms with van der Waals surface area (Å²) in [5.41, 5.74) is -1.28. The van der Waals surface area contributed by atoms with E-state index < -0.39 is 44.2 Å². The molecule has 0 unspecified atom stereocenters. The van der Waals surface area contributed by atoms with Crippen LogP contribution in [0.15, 0.2) is 64.1 Å². The molecule has 0 amide bonds. The molecule has 0 saturated heterocycles. The maximum atomic E-state index is 15.5. The number of benzene rings is 3. The third-order valence-electron chi connectivity index (χ3n) is 5.84. The van der Waals surface area contributed by atoms with Crippen LogP contribution in [0.1, 0.15) is 29.4 Å². The first-order valence-electron chi connectivity index (χ1n) is 10.6. The molecule has 2 heterocycles. The highest BCUT2D eigenvalue weighted by molar-refractivity contribution is 7.90. The summed E-state index contributed by atoms with van der Waals surface area (Å²) in [7, 11) is -4.07. The molecule has 3 aromatic carbocycles. The van der Waals surface area contributed by atoms with Gasteiger partial charge in [0.2, 0.25) is 0 Å². The molecule has 1 N–H and O–H groups in total. The van der Waals surface area contributed by atoms with E-state index in [1.807, 2.05) is 0 Å². The van der Waals surface area contributed by atoms with Gasteiger partial charge in [0.25, 0.3) is 0 Å². The number of sulfone groups is 1. The van der Waals surface area contributed by atoms with E-state index in [4.69, 9.17) is 4.42 Å². The van der Waals surface area contributed by atoms with Crippen molar-refractivity contribution >= 4 is 37.5 Å². The number of carbonyl (C=O) groups excluding carboxylic acids is 1. The minimum absolute atomic E-state index is 0.0636. The normalized spacial score (nSPS) is 12.0. The summed E-state index contributed by atoms with van der Waals surface area (Å²) in [5.74, 6) is -4.38. The van der Waals surface area contributed by atoms with Crippen molar-refractivity contribution in [3.63, 3.8) is 0 Å². The number of rotatable bonds is 6. The van der Waals surface area contributed by atoms with Crippen molar-refractivity contribution < 1.29 is 30.8 Å². The second-order valence-electron chi connectivity index (χ2n) is 7.94. The SMILES string of the molecule is CCC(=O)c1[nH]nc2c(F)c(-c3c(F)ccc(CS(=O)(=O)c4cccc5occc45)c3F)ccc12. The summed E-state index contributed by atoms with van der Waals surface area (Å²) in [6.45, 7) is 1.64. The van der Waals surface area contributed by atoms with E-state index in [1.165, 1.54) is 30.5 Å². The highest BCUT2D eigenvalue weighted by Crippen LogP contribution is 2.35. The molecule has 0 saturated carbocycles. The van der Waals surface area contributed by atoms with E-state index in [9.17, 15) is 17.6 Å². The summed E-state index contributed by atoms with van der Waals surface area (Å²) in [4.78, 5) is 12.0. The first-order chi connectivity index (χ1) is 16.7. The van der Waals surface area contributed by atoms with Crippen LogP contribution in [0.2, 0.25) is 0 Å². The molecule has 178 valence electrons. The lowest BCUT2D eigenvalue weighted by atomic mass is 9.99. The summed E-state index contributed by atoms with van der Waals surface area (Å²) in [5, 5.41) is 6.80. The number of furan rings is 1. The van der Waals surface area contributed by atoms with Crippen molar-refractivity contribution in [1.82, 2.24) is 10.2 Å². The highest BCUT2D eigenvalue weighted by atomic mass is 32.2. The Kier molecular flexibility index (Phi) is 5.47. The Bertz CT molecular complexity index is 1740. The van der Waals surface area contributed by atoms with E-state index >= 15 is 8.78 Å². The van der Waals surface area contributed by atoms with Gasteiger partial charge in [0.05, 0.1) is 22.5 Å². The number of aromatic nitrogens is 2. The Labute approximate surface area is 197 Å². The largest absolute Gasteiger partial charge is 0.464 e. The number of nitrogens with one attached hydrogen (secondary N) is 1. The van der Waals surface area contributed by atoms with Crippen molar-refractivity contribution in [3.8, 4) is 11.1 Å². The van der Waals surface area contributed by atoms with Crippen molar-refractivity contribution in [2.45, 2.75) is 24.0 Å². The van der Waals surface area contributed by atoms with Gasteiger partial charge in [-0.15, -0.1) is 0 Å². The minimum Gasteiger partial charge on any atom is -0.464 e. The van der Waals surface area contributed by atoms with E-state index in [0.717, 1.165) is 18.2 Å². The van der Waals surface area contributed by atoms with Crippen LogP contribution in [0.4, 0.5) is 13.2 Å². The smallest absolute Gasteiger partial charge is 0.183 e. The number of nitrogens with zero attached hydrogens (tertiary/aromatic N) is 1. The molecule has 0 spiro atoms. The molecule has 5 aromatic rings. The predicted molar refractivity (Wildman–Crippen MR) is 123 cm³/mol. The molecule has 0 fully saturated rings. The van der Waals surface area contributed by atoms with Crippen LogP contribution in [0.5, 0.6) is 0 Å². The van der Waals surface area contributed by atoms with Crippen molar-refractivity contribution in [1.29, 1.82) is 0 Å². The highest BCUT2D eigenvalue weighted by Gasteiger charge is 2.26. The molecule has 0 aliphatic heterocycles. The summed E-state index contributed by atoms with van der Waals surface area (Å²) < 4.78 is 77.0. The molecule has 0 radical (unpaired) electrons. The Morgan fingerprint density at radius 1 is 1.00 bits per heavy atom. The van der Waals surface area contributed by atoms with E-state index in [-0.39, 0.29) is 39.3 Å². The number of carbonyl (C=O) groups is 1. The van der Waals surface area contributed by atoms with Gasteiger partial charge in [-0.3, -0.25) is 9.89 Å². The standard InChI is InChI=1S/C25H17F3N2O4S/c1-2-18(31)24-16-8-7-15(23(28)25(16)30-29-24)21-17(26)9-6-13(22(21)27)12-35(32,33)20-5-3-4-19-14(20)10-11-34-19/h3-11H,2,12H2,1H3,(H,29,30). The molecule has 0 aliphatic rings. The number of H-pyrrole nitrogens is 1. The first-order valence-corrected chi connectivity index (χ1v) is 12.2. The third-order valence-corrected chi connectivity index (χ3v) is 7.56. The van der Waals surface area contributed by atoms with E-state index in [2.05, 4.69) is 10.2 Å². The second kappa shape index (κ2) is 8.38. The van der Waals surface area contributed by atoms with Crippen LogP contribution in [0.3, 0.4) is 0 Å². The maximum absolute atomic E-state index is 15.5. The molecule has 6 nitrogen and oxygen atoms in total. The van der Waals surface area contributed by atoms with Crippen LogP contribution >= 0.6 is 0 Å². The Hall–Kier alpha value is -3.92. The van der Waals surface area contributed by atoms with Crippen LogP contribution < -0.4 is 0 Å². The quantitative estimate of drug-likeness (QED) is 0.292. The molecular formula is C25H17F3N2O4S. The Balaban J connectivity index is 1.61. The number of aromatic amines is 1. The van der Waals surface area contributed by atoms with Crippen molar-refractivity contribution in [3.05, 3.63) is 83.5 Å². The summed E-state index contributed by atoms with van der Waals surface area (Å²) >= 11 is 0. The lowest BCUT2D eigenvalue weighted by Crippen LogP contribution is -2.08. The van der Waals surface area contributed by atoms with E-state index in [0.29, 0.717) is 11.0 Å². The molecule has 5 rings (SSSR count). The van der Waals surface area contributed by atoms with Crippen LogP contribution in [-0.2, 0) is 15.6 Å². The van der Waals surface area contributed by atoms with E-state index in [1.54, 1.807) is 13.0 Å². The van der Waals surface area contributed by atoms with Crippen molar-refractivity contribution in [2.75, 3.05) is 0 Å².